The Labute approximate surface area is 123 Å². The van der Waals surface area contributed by atoms with Crippen molar-refractivity contribution in [2.45, 2.75) is 25.1 Å². The molecule has 0 aliphatic rings. The maximum absolute atomic E-state index is 12.1. The third-order valence-corrected chi connectivity index (χ3v) is 5.22. The van der Waals surface area contributed by atoms with Crippen LogP contribution in [-0.4, -0.2) is 14.5 Å². The normalized spacial score (nSPS) is 13.2. The highest BCUT2D eigenvalue weighted by molar-refractivity contribution is 7.88. The Morgan fingerprint density at radius 3 is 2.65 bits per heavy atom. The van der Waals surface area contributed by atoms with E-state index in [1.54, 1.807) is 35.6 Å². The molecule has 1 aromatic carbocycles. The van der Waals surface area contributed by atoms with Crippen LogP contribution in [0.2, 0.25) is 0 Å². The molecule has 0 bridgehead atoms. The maximum Gasteiger partial charge on any atom is 0.216 e. The Hall–Kier alpha value is -1.37. The van der Waals surface area contributed by atoms with Crippen LogP contribution in [0.15, 0.2) is 41.8 Å². The monoisotopic (exact) mass is 310 g/mol. The van der Waals surface area contributed by atoms with Gasteiger partial charge in [0.15, 0.2) is 0 Å². The van der Waals surface area contributed by atoms with Gasteiger partial charge in [-0.1, -0.05) is 24.3 Å². The maximum atomic E-state index is 12.1. The van der Waals surface area contributed by atoms with Gasteiger partial charge in [0.25, 0.3) is 0 Å². The highest BCUT2D eigenvalue weighted by Crippen LogP contribution is 2.15. The summed E-state index contributed by atoms with van der Waals surface area (Å²) in [6.07, 6.45) is 0.696. The fourth-order valence-corrected chi connectivity index (χ4v) is 4.28. The first-order valence-electron chi connectivity index (χ1n) is 6.32. The molecule has 3 N–H and O–H groups in total. The van der Waals surface area contributed by atoms with E-state index in [4.69, 9.17) is 5.73 Å². The van der Waals surface area contributed by atoms with Crippen LogP contribution >= 0.6 is 11.3 Å². The van der Waals surface area contributed by atoms with E-state index in [1.807, 2.05) is 24.4 Å². The molecule has 0 saturated carbocycles. The predicted octanol–water partition coefficient (Wildman–Crippen LogP) is 2.38. The second-order valence-corrected chi connectivity index (χ2v) is 7.55. The molecule has 0 radical (unpaired) electrons. The van der Waals surface area contributed by atoms with E-state index in [0.717, 1.165) is 0 Å². The smallest absolute Gasteiger partial charge is 0.216 e. The van der Waals surface area contributed by atoms with E-state index >= 15 is 0 Å². The van der Waals surface area contributed by atoms with Gasteiger partial charge < -0.3 is 5.73 Å². The van der Waals surface area contributed by atoms with Crippen LogP contribution in [0, 0.1) is 0 Å². The number of nitrogens with one attached hydrogen (secondary N) is 1. The van der Waals surface area contributed by atoms with Crippen molar-refractivity contribution in [1.29, 1.82) is 0 Å². The number of nitrogens with two attached hydrogens (primary N) is 1. The van der Waals surface area contributed by atoms with Gasteiger partial charge in [-0.3, -0.25) is 0 Å². The van der Waals surface area contributed by atoms with Crippen molar-refractivity contribution in [3.63, 3.8) is 0 Å². The quantitative estimate of drug-likeness (QED) is 0.805. The molecule has 108 valence electrons. The molecule has 2 aromatic rings. The van der Waals surface area contributed by atoms with Crippen molar-refractivity contribution in [1.82, 2.24) is 4.72 Å². The minimum absolute atomic E-state index is 0.0888. The Kier molecular flexibility index (Phi) is 4.80. The zero-order valence-electron chi connectivity index (χ0n) is 11.2. The summed E-state index contributed by atoms with van der Waals surface area (Å²) >= 11 is 1.63. The molecule has 0 spiro atoms. The third kappa shape index (κ3) is 4.33. The molecule has 2 rings (SSSR count). The average Bonchev–Trinajstić information content (AvgIpc) is 2.83. The lowest BCUT2D eigenvalue weighted by Gasteiger charge is -2.14. The zero-order chi connectivity index (χ0) is 14.6. The number of thiophene rings is 1. The largest absolute Gasteiger partial charge is 0.398 e. The van der Waals surface area contributed by atoms with Gasteiger partial charge in [-0.15, -0.1) is 11.3 Å². The van der Waals surface area contributed by atoms with E-state index in [-0.39, 0.29) is 11.8 Å². The molecule has 1 atom stereocenters. The molecule has 0 saturated heterocycles. The number of rotatable bonds is 6. The standard InChI is InChI=1S/C14H18N2O2S2/c1-11(9-13-6-4-8-19-13)16-20(17,18)10-12-5-2-3-7-14(12)15/h2-8,11,16H,9-10,15H2,1H3. The first-order chi connectivity index (χ1) is 9.46. The Balaban J connectivity index is 1.99. The first kappa shape index (κ1) is 15.0. The van der Waals surface area contributed by atoms with Gasteiger partial charge in [0.2, 0.25) is 10.0 Å². The molecule has 0 aliphatic carbocycles. The number of hydrogen-bond acceptors (Lipinski definition) is 4. The predicted molar refractivity (Wildman–Crippen MR) is 84.1 cm³/mol. The molecule has 20 heavy (non-hydrogen) atoms. The SMILES string of the molecule is CC(Cc1cccs1)NS(=O)(=O)Cc1ccccc1N. The topological polar surface area (TPSA) is 72.2 Å². The number of anilines is 1. The molecule has 6 heteroatoms. The summed E-state index contributed by atoms with van der Waals surface area (Å²) in [4.78, 5) is 1.17. The Morgan fingerprint density at radius 2 is 2.00 bits per heavy atom. The summed E-state index contributed by atoms with van der Waals surface area (Å²) in [5.74, 6) is -0.0888. The second-order valence-electron chi connectivity index (χ2n) is 4.76. The number of nitrogen functional groups attached to an aromatic ring is 1. The minimum Gasteiger partial charge on any atom is -0.398 e. The first-order valence-corrected chi connectivity index (χ1v) is 8.85. The van der Waals surface area contributed by atoms with Gasteiger partial charge in [0.1, 0.15) is 0 Å². The van der Waals surface area contributed by atoms with Gasteiger partial charge in [-0.05, 0) is 36.4 Å². The molecule has 1 heterocycles. The summed E-state index contributed by atoms with van der Waals surface area (Å²) in [7, 11) is -3.38. The highest BCUT2D eigenvalue weighted by atomic mass is 32.2. The van der Waals surface area contributed by atoms with Crippen molar-refractivity contribution in [2.75, 3.05) is 5.73 Å². The number of sulfonamides is 1. The Bertz CT molecular complexity index is 652. The highest BCUT2D eigenvalue weighted by Gasteiger charge is 2.17. The summed E-state index contributed by atoms with van der Waals surface area (Å²) in [6.45, 7) is 1.87. The average molecular weight is 310 g/mol. The van der Waals surface area contributed by atoms with E-state index in [9.17, 15) is 8.42 Å². The van der Waals surface area contributed by atoms with Gasteiger partial charge in [-0.25, -0.2) is 13.1 Å². The number of benzene rings is 1. The number of para-hydroxylation sites is 1. The molecule has 4 nitrogen and oxygen atoms in total. The third-order valence-electron chi connectivity index (χ3n) is 2.87. The van der Waals surface area contributed by atoms with Crippen molar-refractivity contribution in [3.8, 4) is 0 Å². The van der Waals surface area contributed by atoms with E-state index in [1.165, 1.54) is 4.88 Å². The molecule has 0 fully saturated rings. The summed E-state index contributed by atoms with van der Waals surface area (Å²) in [5.41, 5.74) is 6.91. The summed E-state index contributed by atoms with van der Waals surface area (Å²) < 4.78 is 26.9. The number of hydrogen-bond donors (Lipinski definition) is 2. The van der Waals surface area contributed by atoms with E-state index < -0.39 is 10.0 Å². The van der Waals surface area contributed by atoms with Crippen LogP contribution in [0.3, 0.4) is 0 Å². The molecule has 1 unspecified atom stereocenters. The lowest BCUT2D eigenvalue weighted by molar-refractivity contribution is 0.560. The van der Waals surface area contributed by atoms with Crippen LogP contribution in [0.25, 0.3) is 0 Å². The van der Waals surface area contributed by atoms with E-state index in [0.29, 0.717) is 17.7 Å². The van der Waals surface area contributed by atoms with Crippen LogP contribution in [0.5, 0.6) is 0 Å². The van der Waals surface area contributed by atoms with Gasteiger partial charge in [0, 0.05) is 16.6 Å². The summed E-state index contributed by atoms with van der Waals surface area (Å²) in [6, 6.07) is 10.9. The van der Waals surface area contributed by atoms with Gasteiger partial charge in [0.05, 0.1) is 5.75 Å². The zero-order valence-corrected chi connectivity index (χ0v) is 12.9. The van der Waals surface area contributed by atoms with Crippen LogP contribution in [0.4, 0.5) is 5.69 Å². The van der Waals surface area contributed by atoms with Crippen molar-refractivity contribution < 1.29 is 8.42 Å². The summed E-state index contributed by atoms with van der Waals surface area (Å²) in [5, 5.41) is 1.99. The van der Waals surface area contributed by atoms with Gasteiger partial charge >= 0.3 is 0 Å². The fraction of sp³-hybridized carbons (Fsp3) is 0.286. The minimum atomic E-state index is -3.38. The lowest BCUT2D eigenvalue weighted by atomic mass is 10.2. The molecule has 0 aliphatic heterocycles. The molecule has 0 amide bonds. The van der Waals surface area contributed by atoms with Crippen LogP contribution in [-0.2, 0) is 22.2 Å². The van der Waals surface area contributed by atoms with Crippen molar-refractivity contribution >= 4 is 27.0 Å². The fourth-order valence-electron chi connectivity index (χ4n) is 1.99. The molecular weight excluding hydrogens is 292 g/mol. The van der Waals surface area contributed by atoms with Crippen molar-refractivity contribution in [2.24, 2.45) is 0 Å². The van der Waals surface area contributed by atoms with Crippen LogP contribution < -0.4 is 10.5 Å². The van der Waals surface area contributed by atoms with Crippen molar-refractivity contribution in [3.05, 3.63) is 52.2 Å². The Morgan fingerprint density at radius 1 is 1.25 bits per heavy atom. The lowest BCUT2D eigenvalue weighted by Crippen LogP contribution is -2.34. The van der Waals surface area contributed by atoms with E-state index in [2.05, 4.69) is 4.72 Å². The van der Waals surface area contributed by atoms with Crippen LogP contribution in [0.1, 0.15) is 17.4 Å². The second kappa shape index (κ2) is 6.39. The molecular formula is C14H18N2O2S2. The molecule has 1 aromatic heterocycles. The van der Waals surface area contributed by atoms with Gasteiger partial charge in [-0.2, -0.15) is 0 Å².